The Morgan fingerprint density at radius 2 is 2.17 bits per heavy atom. The van der Waals surface area contributed by atoms with Crippen LogP contribution in [0.15, 0.2) is 29.6 Å². The molecule has 0 aliphatic heterocycles. The van der Waals surface area contributed by atoms with Crippen molar-refractivity contribution < 1.29 is 0 Å². The molecule has 0 aliphatic carbocycles. The summed E-state index contributed by atoms with van der Waals surface area (Å²) in [6.45, 7) is 4.50. The van der Waals surface area contributed by atoms with Gasteiger partial charge in [0.1, 0.15) is 0 Å². The summed E-state index contributed by atoms with van der Waals surface area (Å²) >= 11 is 1.74. The van der Waals surface area contributed by atoms with E-state index in [1.54, 1.807) is 11.3 Å². The maximum Gasteiger partial charge on any atom is 0.0962 e. The van der Waals surface area contributed by atoms with E-state index in [9.17, 15) is 0 Å². The Morgan fingerprint density at radius 3 is 3.00 bits per heavy atom. The molecule has 0 amide bonds. The van der Waals surface area contributed by atoms with E-state index in [1.807, 2.05) is 0 Å². The summed E-state index contributed by atoms with van der Waals surface area (Å²) in [5.74, 6) is 0. The van der Waals surface area contributed by atoms with Crippen LogP contribution < -0.4 is 5.32 Å². The SMILES string of the molecule is [CH2]CNc1scc2ccccc12. The van der Waals surface area contributed by atoms with Crippen LogP contribution in [0, 0.1) is 6.92 Å². The van der Waals surface area contributed by atoms with Crippen LogP contribution in [0.4, 0.5) is 5.00 Å². The topological polar surface area (TPSA) is 12.0 Å². The Kier molecular flexibility index (Phi) is 2.00. The van der Waals surface area contributed by atoms with Crippen LogP contribution in [0.2, 0.25) is 0 Å². The van der Waals surface area contributed by atoms with E-state index in [-0.39, 0.29) is 0 Å². The fourth-order valence-electron chi connectivity index (χ4n) is 1.24. The molecule has 1 aromatic carbocycles. The lowest BCUT2D eigenvalue weighted by atomic mass is 10.2. The highest BCUT2D eigenvalue weighted by atomic mass is 32.1. The minimum absolute atomic E-state index is 0.741. The molecule has 0 aliphatic rings. The van der Waals surface area contributed by atoms with Crippen molar-refractivity contribution in [1.82, 2.24) is 0 Å². The summed E-state index contributed by atoms with van der Waals surface area (Å²) in [6.07, 6.45) is 0. The van der Waals surface area contributed by atoms with Gasteiger partial charge in [0.15, 0.2) is 0 Å². The number of thiophene rings is 1. The number of anilines is 1. The molecule has 0 spiro atoms. The van der Waals surface area contributed by atoms with Crippen molar-refractivity contribution in [3.8, 4) is 0 Å². The first-order valence-corrected chi connectivity index (χ1v) is 4.79. The van der Waals surface area contributed by atoms with Crippen molar-refractivity contribution in [3.63, 3.8) is 0 Å². The minimum Gasteiger partial charge on any atom is -0.376 e. The number of rotatable bonds is 2. The molecule has 1 radical (unpaired) electrons. The maximum atomic E-state index is 3.76. The summed E-state index contributed by atoms with van der Waals surface area (Å²) in [5, 5.41) is 9.22. The molecule has 0 fully saturated rings. The predicted molar refractivity (Wildman–Crippen MR) is 55.7 cm³/mol. The van der Waals surface area contributed by atoms with E-state index in [1.165, 1.54) is 15.8 Å². The van der Waals surface area contributed by atoms with Crippen molar-refractivity contribution in [2.75, 3.05) is 11.9 Å². The van der Waals surface area contributed by atoms with Gasteiger partial charge in [-0.05, 0) is 12.3 Å². The standard InChI is InChI=1S/C10H10NS/c1-2-11-10-9-6-4-3-5-8(9)7-12-10/h3-7,11H,1-2H2. The predicted octanol–water partition coefficient (Wildman–Crippen LogP) is 3.15. The van der Waals surface area contributed by atoms with E-state index < -0.39 is 0 Å². The fraction of sp³-hybridized carbons (Fsp3) is 0.100. The molecular formula is C10H10NS. The Balaban J connectivity index is 2.55. The van der Waals surface area contributed by atoms with E-state index in [2.05, 4.69) is 41.9 Å². The molecule has 0 bridgehead atoms. The second-order valence-corrected chi connectivity index (χ2v) is 3.46. The summed E-state index contributed by atoms with van der Waals surface area (Å²) in [6, 6.07) is 8.37. The van der Waals surface area contributed by atoms with Crippen molar-refractivity contribution >= 4 is 27.1 Å². The van der Waals surface area contributed by atoms with Crippen LogP contribution in [0.25, 0.3) is 10.8 Å². The summed E-state index contributed by atoms with van der Waals surface area (Å²) < 4.78 is 0. The van der Waals surface area contributed by atoms with Crippen LogP contribution in [0.3, 0.4) is 0 Å². The second kappa shape index (κ2) is 3.15. The van der Waals surface area contributed by atoms with Crippen LogP contribution >= 0.6 is 11.3 Å². The highest BCUT2D eigenvalue weighted by Gasteiger charge is 1.99. The molecule has 2 rings (SSSR count). The molecule has 0 atom stereocenters. The average molecular weight is 176 g/mol. The van der Waals surface area contributed by atoms with E-state index in [0.29, 0.717) is 0 Å². The number of fused-ring (bicyclic) bond motifs is 1. The molecule has 2 heteroatoms. The molecule has 0 saturated heterocycles. The molecular weight excluding hydrogens is 166 g/mol. The highest BCUT2D eigenvalue weighted by molar-refractivity contribution is 7.16. The smallest absolute Gasteiger partial charge is 0.0962 e. The van der Waals surface area contributed by atoms with Crippen molar-refractivity contribution in [3.05, 3.63) is 36.6 Å². The van der Waals surface area contributed by atoms with Gasteiger partial charge in [-0.1, -0.05) is 24.3 Å². The normalized spacial score (nSPS) is 10.4. The minimum atomic E-state index is 0.741. The summed E-state index contributed by atoms with van der Waals surface area (Å²) in [7, 11) is 0. The molecule has 2 aromatic rings. The molecule has 1 heterocycles. The quantitative estimate of drug-likeness (QED) is 0.741. The molecule has 12 heavy (non-hydrogen) atoms. The molecule has 0 saturated carbocycles. The first-order valence-electron chi connectivity index (χ1n) is 3.91. The molecule has 1 nitrogen and oxygen atoms in total. The van der Waals surface area contributed by atoms with E-state index in [0.717, 1.165) is 6.54 Å². The molecule has 1 N–H and O–H groups in total. The largest absolute Gasteiger partial charge is 0.376 e. The van der Waals surface area contributed by atoms with Crippen LogP contribution in [-0.2, 0) is 0 Å². The van der Waals surface area contributed by atoms with Gasteiger partial charge in [0, 0.05) is 17.3 Å². The van der Waals surface area contributed by atoms with Crippen molar-refractivity contribution in [2.45, 2.75) is 0 Å². The lowest BCUT2D eigenvalue weighted by molar-refractivity contribution is 1.37. The zero-order valence-corrected chi connectivity index (χ0v) is 7.53. The van der Waals surface area contributed by atoms with Crippen molar-refractivity contribution in [2.24, 2.45) is 0 Å². The Bertz CT molecular complexity index is 378. The lowest BCUT2D eigenvalue weighted by Gasteiger charge is -1.98. The summed E-state index contributed by atoms with van der Waals surface area (Å²) in [4.78, 5) is 0. The zero-order valence-electron chi connectivity index (χ0n) is 6.71. The van der Waals surface area contributed by atoms with Gasteiger partial charge < -0.3 is 5.32 Å². The first-order chi connectivity index (χ1) is 5.92. The van der Waals surface area contributed by atoms with Gasteiger partial charge >= 0.3 is 0 Å². The van der Waals surface area contributed by atoms with Crippen LogP contribution in [0.5, 0.6) is 0 Å². The Morgan fingerprint density at radius 1 is 1.33 bits per heavy atom. The molecule has 0 unspecified atom stereocenters. The van der Waals surface area contributed by atoms with Gasteiger partial charge in [-0.2, -0.15) is 0 Å². The summed E-state index contributed by atoms with van der Waals surface area (Å²) in [5.41, 5.74) is 0. The number of nitrogens with one attached hydrogen (secondary N) is 1. The number of hydrogen-bond acceptors (Lipinski definition) is 2. The Hall–Kier alpha value is -1.02. The molecule has 61 valence electrons. The number of hydrogen-bond donors (Lipinski definition) is 1. The highest BCUT2D eigenvalue weighted by Crippen LogP contribution is 2.29. The monoisotopic (exact) mass is 176 g/mol. The maximum absolute atomic E-state index is 3.76. The van der Waals surface area contributed by atoms with Gasteiger partial charge in [-0.15, -0.1) is 11.3 Å². The fourth-order valence-corrected chi connectivity index (χ4v) is 2.19. The third-order valence-corrected chi connectivity index (χ3v) is 2.77. The van der Waals surface area contributed by atoms with E-state index in [4.69, 9.17) is 0 Å². The first kappa shape index (κ1) is 7.62. The van der Waals surface area contributed by atoms with E-state index >= 15 is 0 Å². The number of benzene rings is 1. The van der Waals surface area contributed by atoms with Gasteiger partial charge in [-0.25, -0.2) is 0 Å². The molecule has 1 aromatic heterocycles. The van der Waals surface area contributed by atoms with Crippen molar-refractivity contribution in [1.29, 1.82) is 0 Å². The van der Waals surface area contributed by atoms with Gasteiger partial charge in [-0.3, -0.25) is 0 Å². The second-order valence-electron chi connectivity index (χ2n) is 2.58. The third-order valence-electron chi connectivity index (χ3n) is 1.79. The van der Waals surface area contributed by atoms with Crippen LogP contribution in [0.1, 0.15) is 0 Å². The van der Waals surface area contributed by atoms with Gasteiger partial charge in [0.05, 0.1) is 5.00 Å². The average Bonchev–Trinajstić information content (AvgIpc) is 2.50. The van der Waals surface area contributed by atoms with Gasteiger partial charge in [0.25, 0.3) is 0 Å². The Labute approximate surface area is 76.0 Å². The van der Waals surface area contributed by atoms with Crippen LogP contribution in [-0.4, -0.2) is 6.54 Å². The zero-order chi connectivity index (χ0) is 8.39. The lowest BCUT2D eigenvalue weighted by Crippen LogP contribution is -1.93. The third kappa shape index (κ3) is 1.18. The van der Waals surface area contributed by atoms with Gasteiger partial charge in [0.2, 0.25) is 0 Å².